The molecule has 12 heteroatoms. The Morgan fingerprint density at radius 1 is 0.912 bits per heavy atom. The van der Waals surface area contributed by atoms with Gasteiger partial charge in [-0.05, 0) is 37.0 Å². The fraction of sp³-hybridized carbons (Fsp3) is 0.500. The van der Waals surface area contributed by atoms with Crippen LogP contribution in [0.15, 0.2) is 12.2 Å². The second-order valence-corrected chi connectivity index (χ2v) is 8.14. The number of esters is 1. The smallest absolute Gasteiger partial charge is 0.357 e. The van der Waals surface area contributed by atoms with E-state index in [-0.39, 0.29) is 19.4 Å². The molecule has 1 amide bonds. The van der Waals surface area contributed by atoms with Crippen LogP contribution >= 0.6 is 0 Å². The molecule has 3 unspecified atom stereocenters. The minimum absolute atomic E-state index is 0.205. The van der Waals surface area contributed by atoms with Crippen molar-refractivity contribution in [2.24, 2.45) is 17.8 Å². The lowest BCUT2D eigenvalue weighted by molar-refractivity contribution is -0.196. The average Bonchev–Trinajstić information content (AvgIpc) is 3.42. The van der Waals surface area contributed by atoms with Crippen molar-refractivity contribution in [1.29, 1.82) is 0 Å². The Kier molecular flexibility index (Phi) is 8.24. The zero-order chi connectivity index (χ0) is 25.0. The van der Waals surface area contributed by atoms with E-state index in [9.17, 15) is 36.3 Å². The van der Waals surface area contributed by atoms with E-state index in [2.05, 4.69) is 16.9 Å². The quantitative estimate of drug-likeness (QED) is 0.0999. The Balaban J connectivity index is 1.35. The fourth-order valence-corrected chi connectivity index (χ4v) is 3.99. The Hall–Kier alpha value is -3.02. The number of hydrogen-bond donors (Lipinski definition) is 0. The summed E-state index contributed by atoms with van der Waals surface area (Å²) in [6.45, 7) is 0.0624. The maximum Gasteiger partial charge on any atom is 0.357 e. The summed E-state index contributed by atoms with van der Waals surface area (Å²) in [7, 11) is 1.17. The molecule has 3 atom stereocenters. The normalized spacial score (nSPS) is 20.5. The van der Waals surface area contributed by atoms with Gasteiger partial charge in [0.1, 0.15) is 6.61 Å². The molecular formula is C22H22F5NO6. The molecular weight excluding hydrogens is 469 g/mol. The number of nitrogens with zero attached hydrogens (tertiary/aromatic N) is 1. The van der Waals surface area contributed by atoms with Crippen molar-refractivity contribution >= 4 is 17.8 Å². The van der Waals surface area contributed by atoms with Crippen molar-refractivity contribution in [3.63, 3.8) is 0 Å². The van der Waals surface area contributed by atoms with Crippen LogP contribution in [-0.2, 0) is 24.0 Å². The van der Waals surface area contributed by atoms with Gasteiger partial charge in [-0.1, -0.05) is 12.2 Å². The zero-order valence-corrected chi connectivity index (χ0v) is 18.1. The number of allylic oxidation sites excluding steroid dienone is 2. The number of carbonyl (C=O) groups is 3. The highest BCUT2D eigenvalue weighted by molar-refractivity contribution is 5.79. The second-order valence-electron chi connectivity index (χ2n) is 8.14. The predicted octanol–water partition coefficient (Wildman–Crippen LogP) is 3.60. The summed E-state index contributed by atoms with van der Waals surface area (Å²) in [6, 6.07) is 0. The van der Waals surface area contributed by atoms with Gasteiger partial charge in [0.25, 0.3) is 5.91 Å². The molecule has 0 aliphatic heterocycles. The first-order valence-corrected chi connectivity index (χ1v) is 10.5. The third-order valence-corrected chi connectivity index (χ3v) is 5.72. The number of fused-ring (bicyclic) bond motifs is 2. The molecule has 34 heavy (non-hydrogen) atoms. The Morgan fingerprint density at radius 2 is 1.56 bits per heavy atom. The molecule has 186 valence electrons. The Morgan fingerprint density at radius 3 is 2.15 bits per heavy atom. The van der Waals surface area contributed by atoms with Crippen molar-refractivity contribution in [3.05, 3.63) is 41.2 Å². The lowest BCUT2D eigenvalue weighted by Crippen LogP contribution is -2.31. The molecule has 7 nitrogen and oxygen atoms in total. The molecule has 2 aliphatic carbocycles. The van der Waals surface area contributed by atoms with Gasteiger partial charge in [-0.25, -0.2) is 18.0 Å². The zero-order valence-electron chi connectivity index (χ0n) is 18.1. The Bertz CT molecular complexity index is 971. The van der Waals surface area contributed by atoms with Crippen molar-refractivity contribution < 1.29 is 50.6 Å². The van der Waals surface area contributed by atoms with Crippen LogP contribution in [0.5, 0.6) is 5.75 Å². The molecule has 0 aromatic heterocycles. The Labute approximate surface area is 191 Å². The summed E-state index contributed by atoms with van der Waals surface area (Å²) < 4.78 is 76.0. The summed E-state index contributed by atoms with van der Waals surface area (Å²) >= 11 is 0. The van der Waals surface area contributed by atoms with Gasteiger partial charge in [0.2, 0.25) is 34.8 Å². The third kappa shape index (κ3) is 5.91. The highest BCUT2D eigenvalue weighted by Crippen LogP contribution is 2.43. The molecule has 1 saturated carbocycles. The standard InChI is InChI=1S/C22H22F5NO6/c1-28(34-16(31)10-32-9-13-8-11-5-6-12(13)7-11)14(29)3-2-4-15(30)33-22-20(26)18(24)17(23)19(25)21(22)27/h5-6,11-13H,2-4,7-10H2,1H3. The highest BCUT2D eigenvalue weighted by Gasteiger charge is 2.35. The van der Waals surface area contributed by atoms with E-state index in [4.69, 9.17) is 9.57 Å². The molecule has 0 saturated heterocycles. The highest BCUT2D eigenvalue weighted by atomic mass is 19.2. The van der Waals surface area contributed by atoms with E-state index in [1.807, 2.05) is 0 Å². The van der Waals surface area contributed by atoms with E-state index < -0.39 is 59.1 Å². The lowest BCUT2D eigenvalue weighted by Gasteiger charge is -2.19. The third-order valence-electron chi connectivity index (χ3n) is 5.72. The number of rotatable bonds is 9. The first-order valence-electron chi connectivity index (χ1n) is 10.5. The molecule has 1 fully saturated rings. The maximum atomic E-state index is 13.5. The van der Waals surface area contributed by atoms with Gasteiger partial charge in [-0.15, -0.1) is 0 Å². The largest absolute Gasteiger partial charge is 0.420 e. The van der Waals surface area contributed by atoms with Gasteiger partial charge >= 0.3 is 11.9 Å². The van der Waals surface area contributed by atoms with Crippen molar-refractivity contribution in [2.75, 3.05) is 20.3 Å². The molecule has 2 bridgehead atoms. The van der Waals surface area contributed by atoms with Crippen molar-refractivity contribution in [2.45, 2.75) is 32.1 Å². The topological polar surface area (TPSA) is 82.1 Å². The van der Waals surface area contributed by atoms with Crippen LogP contribution in [0.3, 0.4) is 0 Å². The molecule has 2 aliphatic rings. The molecule has 3 rings (SSSR count). The SMILES string of the molecule is CN(OC(=O)COCC1CC2C=CC1C2)C(=O)CCCC(=O)Oc1c(F)c(F)c(F)c(F)c1F. The first kappa shape index (κ1) is 25.6. The number of carbonyl (C=O) groups excluding carboxylic acids is 3. The summed E-state index contributed by atoms with van der Waals surface area (Å²) in [6.07, 6.45) is 5.36. The molecule has 1 aromatic rings. The number of halogens is 5. The van der Waals surface area contributed by atoms with Crippen LogP contribution in [0.4, 0.5) is 22.0 Å². The summed E-state index contributed by atoms with van der Waals surface area (Å²) in [5.74, 6) is -14.6. The minimum atomic E-state index is -2.38. The second kappa shape index (κ2) is 10.9. The van der Waals surface area contributed by atoms with Crippen LogP contribution in [0.2, 0.25) is 0 Å². The summed E-state index contributed by atoms with van der Waals surface area (Å²) in [5.41, 5.74) is 0. The molecule has 0 heterocycles. The lowest BCUT2D eigenvalue weighted by atomic mass is 9.95. The maximum absolute atomic E-state index is 13.5. The molecule has 0 radical (unpaired) electrons. The number of amides is 1. The van der Waals surface area contributed by atoms with Gasteiger partial charge in [-0.3, -0.25) is 9.59 Å². The molecule has 0 spiro atoms. The van der Waals surface area contributed by atoms with Crippen LogP contribution in [0.1, 0.15) is 32.1 Å². The van der Waals surface area contributed by atoms with E-state index in [1.54, 1.807) is 0 Å². The monoisotopic (exact) mass is 491 g/mol. The van der Waals surface area contributed by atoms with E-state index >= 15 is 0 Å². The van der Waals surface area contributed by atoms with E-state index in [1.165, 1.54) is 7.05 Å². The van der Waals surface area contributed by atoms with Crippen molar-refractivity contribution in [1.82, 2.24) is 5.06 Å². The van der Waals surface area contributed by atoms with Gasteiger partial charge < -0.3 is 14.3 Å². The fourth-order valence-electron chi connectivity index (χ4n) is 3.99. The predicted molar refractivity (Wildman–Crippen MR) is 104 cm³/mol. The summed E-state index contributed by atoms with van der Waals surface area (Å²) in [4.78, 5) is 40.4. The minimum Gasteiger partial charge on any atom is -0.420 e. The average molecular weight is 491 g/mol. The molecule has 1 aromatic carbocycles. The first-order chi connectivity index (χ1) is 16.1. The van der Waals surface area contributed by atoms with Crippen molar-refractivity contribution in [3.8, 4) is 5.75 Å². The van der Waals surface area contributed by atoms with Gasteiger partial charge in [0, 0.05) is 19.9 Å². The van der Waals surface area contributed by atoms with Crippen LogP contribution < -0.4 is 4.74 Å². The van der Waals surface area contributed by atoms with E-state index in [0.29, 0.717) is 29.4 Å². The number of ether oxygens (including phenoxy) is 2. The van der Waals surface area contributed by atoms with Gasteiger partial charge in [0.15, 0.2) is 0 Å². The van der Waals surface area contributed by atoms with Gasteiger partial charge in [0.05, 0.1) is 6.61 Å². The number of hydroxylamine groups is 2. The number of benzene rings is 1. The number of hydrogen-bond acceptors (Lipinski definition) is 6. The molecule has 0 N–H and O–H groups in total. The van der Waals surface area contributed by atoms with Gasteiger partial charge in [-0.2, -0.15) is 13.8 Å². The van der Waals surface area contributed by atoms with Crippen LogP contribution in [0.25, 0.3) is 0 Å². The van der Waals surface area contributed by atoms with Crippen LogP contribution in [-0.4, -0.2) is 43.2 Å². The van der Waals surface area contributed by atoms with Crippen LogP contribution in [0, 0.1) is 46.8 Å². The van der Waals surface area contributed by atoms with E-state index in [0.717, 1.165) is 12.8 Å². The summed E-state index contributed by atoms with van der Waals surface area (Å²) in [5, 5.41) is 0.654.